The lowest BCUT2D eigenvalue weighted by molar-refractivity contribution is -0.144. The molecule has 138 valence electrons. The van der Waals surface area contributed by atoms with Crippen LogP contribution < -0.4 is 5.32 Å². The number of anilines is 1. The number of aromatic nitrogens is 2. The van der Waals surface area contributed by atoms with Crippen molar-refractivity contribution in [3.05, 3.63) is 41.5 Å². The molecule has 0 fully saturated rings. The number of ether oxygens (including phenoxy) is 2. The van der Waals surface area contributed by atoms with Crippen molar-refractivity contribution in [1.29, 1.82) is 0 Å². The van der Waals surface area contributed by atoms with E-state index in [1.54, 1.807) is 25.1 Å². The second-order valence-electron chi connectivity index (χ2n) is 5.00. The van der Waals surface area contributed by atoms with Gasteiger partial charge in [0.25, 0.3) is 5.91 Å². The van der Waals surface area contributed by atoms with Gasteiger partial charge in [-0.05, 0) is 18.2 Å². The lowest BCUT2D eigenvalue weighted by Gasteiger charge is -2.07. The number of esters is 2. The Morgan fingerprint density at radius 2 is 2.12 bits per heavy atom. The molecule has 1 aromatic carbocycles. The Balaban J connectivity index is 1.71. The van der Waals surface area contributed by atoms with E-state index in [0.717, 1.165) is 0 Å². The molecule has 0 saturated heterocycles. The highest BCUT2D eigenvalue weighted by atomic mass is 32.2. The van der Waals surface area contributed by atoms with Crippen molar-refractivity contribution < 1.29 is 28.4 Å². The molecule has 1 amide bonds. The largest absolute Gasteiger partial charge is 0.465 e. The maximum atomic E-state index is 11.8. The Kier molecular flexibility index (Phi) is 7.15. The topological polar surface area (TPSA) is 121 Å². The number of methoxy groups -OCH3 is 1. The van der Waals surface area contributed by atoms with Gasteiger partial charge in [-0.2, -0.15) is 4.98 Å². The van der Waals surface area contributed by atoms with Crippen molar-refractivity contribution in [2.75, 3.05) is 24.8 Å². The van der Waals surface area contributed by atoms with Crippen LogP contribution in [-0.2, 0) is 24.8 Å². The minimum atomic E-state index is -0.534. The van der Waals surface area contributed by atoms with Crippen LogP contribution in [0.3, 0.4) is 0 Å². The van der Waals surface area contributed by atoms with Crippen LogP contribution in [0.4, 0.5) is 5.69 Å². The van der Waals surface area contributed by atoms with Gasteiger partial charge in [0.2, 0.25) is 5.89 Å². The van der Waals surface area contributed by atoms with Gasteiger partial charge in [-0.1, -0.05) is 11.2 Å². The highest BCUT2D eigenvalue weighted by molar-refractivity contribution is 7.99. The summed E-state index contributed by atoms with van der Waals surface area (Å²) in [6.07, 6.45) is 0. The van der Waals surface area contributed by atoms with Crippen molar-refractivity contribution in [1.82, 2.24) is 10.1 Å². The molecule has 1 aromatic heterocycles. The molecule has 0 aliphatic heterocycles. The van der Waals surface area contributed by atoms with E-state index in [1.807, 2.05) is 0 Å². The molecule has 2 rings (SSSR count). The number of carbonyl (C=O) groups is 3. The molecular weight excluding hydrogens is 362 g/mol. The number of benzene rings is 1. The maximum absolute atomic E-state index is 11.8. The van der Waals surface area contributed by atoms with Gasteiger partial charge in [-0.15, -0.1) is 11.8 Å². The molecular formula is C16H17N3O6S. The van der Waals surface area contributed by atoms with E-state index in [2.05, 4.69) is 20.2 Å². The van der Waals surface area contributed by atoms with E-state index in [-0.39, 0.29) is 5.75 Å². The molecule has 0 aliphatic rings. The Labute approximate surface area is 153 Å². The fraction of sp³-hybridized carbons (Fsp3) is 0.312. The van der Waals surface area contributed by atoms with E-state index < -0.39 is 24.5 Å². The van der Waals surface area contributed by atoms with E-state index in [0.29, 0.717) is 28.7 Å². The summed E-state index contributed by atoms with van der Waals surface area (Å²) < 4.78 is 14.3. The average Bonchev–Trinajstić information content (AvgIpc) is 3.04. The zero-order valence-electron chi connectivity index (χ0n) is 14.2. The van der Waals surface area contributed by atoms with Crippen LogP contribution >= 0.6 is 11.8 Å². The molecule has 0 atom stereocenters. The van der Waals surface area contributed by atoms with E-state index >= 15 is 0 Å². The smallest absolute Gasteiger partial charge is 0.337 e. The monoisotopic (exact) mass is 379 g/mol. The van der Waals surface area contributed by atoms with Gasteiger partial charge in [-0.25, -0.2) is 4.79 Å². The number of thioether (sulfide) groups is 1. The quantitative estimate of drug-likeness (QED) is 0.681. The van der Waals surface area contributed by atoms with Gasteiger partial charge >= 0.3 is 11.9 Å². The van der Waals surface area contributed by atoms with E-state index in [4.69, 9.17) is 9.26 Å². The third-order valence-corrected chi connectivity index (χ3v) is 3.85. The standard InChI is InChI=1S/C16H17N3O6S/c1-10-17-13(19-25-10)8-26-9-15(21)24-7-14(20)18-12-5-3-4-11(6-12)16(22)23-2/h3-6H,7-9H2,1-2H3,(H,18,20). The van der Waals surface area contributed by atoms with Crippen LogP contribution in [0.1, 0.15) is 22.1 Å². The molecule has 10 heteroatoms. The van der Waals surface area contributed by atoms with Gasteiger partial charge in [0.15, 0.2) is 12.4 Å². The molecule has 0 saturated carbocycles. The van der Waals surface area contributed by atoms with Crippen LogP contribution in [0.5, 0.6) is 0 Å². The third-order valence-electron chi connectivity index (χ3n) is 2.95. The first-order valence-corrected chi connectivity index (χ1v) is 8.64. The Bertz CT molecular complexity index is 792. The average molecular weight is 379 g/mol. The van der Waals surface area contributed by atoms with Crippen LogP contribution in [0, 0.1) is 6.92 Å². The highest BCUT2D eigenvalue weighted by Gasteiger charge is 2.11. The summed E-state index contributed by atoms with van der Waals surface area (Å²) in [7, 11) is 1.27. The molecule has 0 radical (unpaired) electrons. The molecule has 26 heavy (non-hydrogen) atoms. The number of hydrogen-bond donors (Lipinski definition) is 1. The van der Waals surface area contributed by atoms with Gasteiger partial charge in [0.1, 0.15) is 0 Å². The number of nitrogens with one attached hydrogen (secondary N) is 1. The Hall–Kier alpha value is -2.88. The second kappa shape index (κ2) is 9.56. The van der Waals surface area contributed by atoms with Crippen molar-refractivity contribution in [2.24, 2.45) is 0 Å². The fourth-order valence-corrected chi connectivity index (χ4v) is 2.50. The van der Waals surface area contributed by atoms with Gasteiger partial charge in [0.05, 0.1) is 24.2 Å². The first kappa shape index (κ1) is 19.4. The van der Waals surface area contributed by atoms with Crippen LogP contribution in [-0.4, -0.2) is 47.5 Å². The first-order chi connectivity index (χ1) is 12.5. The Morgan fingerprint density at radius 1 is 1.31 bits per heavy atom. The zero-order valence-corrected chi connectivity index (χ0v) is 15.0. The molecule has 1 N–H and O–H groups in total. The summed E-state index contributed by atoms with van der Waals surface area (Å²) >= 11 is 1.25. The summed E-state index contributed by atoms with van der Waals surface area (Å²) in [6.45, 7) is 1.25. The number of nitrogens with zero attached hydrogens (tertiary/aromatic N) is 2. The molecule has 9 nitrogen and oxygen atoms in total. The summed E-state index contributed by atoms with van der Waals surface area (Å²) in [5.41, 5.74) is 0.700. The molecule has 0 unspecified atom stereocenters. The summed E-state index contributed by atoms with van der Waals surface area (Å²) in [5.74, 6) is -0.161. The van der Waals surface area contributed by atoms with Crippen LogP contribution in [0.2, 0.25) is 0 Å². The molecule has 0 spiro atoms. The normalized spacial score (nSPS) is 10.2. The minimum absolute atomic E-state index is 0.0543. The number of hydrogen-bond acceptors (Lipinski definition) is 9. The second-order valence-corrected chi connectivity index (χ2v) is 5.99. The lowest BCUT2D eigenvalue weighted by Crippen LogP contribution is -2.21. The van der Waals surface area contributed by atoms with Gasteiger partial charge in [-0.3, -0.25) is 9.59 Å². The maximum Gasteiger partial charge on any atom is 0.337 e. The number of rotatable bonds is 8. The third kappa shape index (κ3) is 6.20. The SMILES string of the molecule is COC(=O)c1cccc(NC(=O)COC(=O)CSCc2noc(C)n2)c1. The predicted molar refractivity (Wildman–Crippen MR) is 92.6 cm³/mol. The van der Waals surface area contributed by atoms with E-state index in [1.165, 1.54) is 24.9 Å². The van der Waals surface area contributed by atoms with Crippen LogP contribution in [0.15, 0.2) is 28.8 Å². The van der Waals surface area contributed by atoms with Crippen LogP contribution in [0.25, 0.3) is 0 Å². The molecule has 0 aliphatic carbocycles. The van der Waals surface area contributed by atoms with Gasteiger partial charge in [0, 0.05) is 12.6 Å². The zero-order chi connectivity index (χ0) is 18.9. The summed E-state index contributed by atoms with van der Waals surface area (Å²) in [6, 6.07) is 6.23. The van der Waals surface area contributed by atoms with Gasteiger partial charge < -0.3 is 19.3 Å². The number of carbonyl (C=O) groups excluding carboxylic acids is 3. The molecule has 1 heterocycles. The van der Waals surface area contributed by atoms with Crippen molar-refractivity contribution in [3.8, 4) is 0 Å². The van der Waals surface area contributed by atoms with E-state index in [9.17, 15) is 14.4 Å². The summed E-state index contributed by atoms with van der Waals surface area (Å²) in [4.78, 5) is 38.9. The minimum Gasteiger partial charge on any atom is -0.465 e. The fourth-order valence-electron chi connectivity index (χ4n) is 1.85. The number of amides is 1. The molecule has 0 bridgehead atoms. The predicted octanol–water partition coefficient (Wildman–Crippen LogP) is 1.58. The Morgan fingerprint density at radius 3 is 2.81 bits per heavy atom. The lowest BCUT2D eigenvalue weighted by atomic mass is 10.2. The highest BCUT2D eigenvalue weighted by Crippen LogP contribution is 2.12. The van der Waals surface area contributed by atoms with Crippen molar-refractivity contribution in [2.45, 2.75) is 12.7 Å². The van der Waals surface area contributed by atoms with Crippen molar-refractivity contribution >= 4 is 35.3 Å². The number of aryl methyl sites for hydroxylation is 1. The van der Waals surface area contributed by atoms with Crippen molar-refractivity contribution in [3.63, 3.8) is 0 Å². The first-order valence-electron chi connectivity index (χ1n) is 7.48. The molecule has 2 aromatic rings. The summed E-state index contributed by atoms with van der Waals surface area (Å²) in [5, 5.41) is 6.24.